The van der Waals surface area contributed by atoms with E-state index < -0.39 is 0 Å². The average Bonchev–Trinajstić information content (AvgIpc) is 2.65. The molecule has 0 aliphatic carbocycles. The molecular weight excluding hydrogens is 202 g/mol. The van der Waals surface area contributed by atoms with E-state index in [-0.39, 0.29) is 11.6 Å². The molecule has 96 valence electrons. The highest BCUT2D eigenvalue weighted by Gasteiger charge is 2.42. The summed E-state index contributed by atoms with van der Waals surface area (Å²) in [6, 6.07) is 0. The predicted molar refractivity (Wildman–Crippen MR) is 68.3 cm³/mol. The highest BCUT2D eigenvalue weighted by atomic mass is 16.2. The highest BCUT2D eigenvalue weighted by Crippen LogP contribution is 2.25. The standard InChI is InChI=1S/C8H15N3O.2C2H6/c1-11-7(12)6-10-8(11)2-4-9-5-3-8;2*1-2/h9-10H,2-6H2,1H3;2*1-2H3. The smallest absolute Gasteiger partial charge is 0.237 e. The lowest BCUT2D eigenvalue weighted by Gasteiger charge is -2.39. The first-order valence-corrected chi connectivity index (χ1v) is 6.47. The van der Waals surface area contributed by atoms with Gasteiger partial charge in [0, 0.05) is 7.05 Å². The number of hydrogen-bond acceptors (Lipinski definition) is 3. The minimum absolute atomic E-state index is 0.0255. The number of rotatable bonds is 0. The predicted octanol–water partition coefficient (Wildman–Crippen LogP) is 1.18. The second-order valence-electron chi connectivity index (χ2n) is 3.59. The van der Waals surface area contributed by atoms with Crippen molar-refractivity contribution in [1.29, 1.82) is 0 Å². The Morgan fingerprint density at radius 2 is 1.62 bits per heavy atom. The van der Waals surface area contributed by atoms with Crippen molar-refractivity contribution < 1.29 is 4.79 Å². The summed E-state index contributed by atoms with van der Waals surface area (Å²) in [5.41, 5.74) is -0.0255. The van der Waals surface area contributed by atoms with Crippen molar-refractivity contribution in [2.45, 2.75) is 46.2 Å². The fourth-order valence-corrected chi connectivity index (χ4v) is 2.07. The van der Waals surface area contributed by atoms with Crippen molar-refractivity contribution in [3.63, 3.8) is 0 Å². The first-order valence-electron chi connectivity index (χ1n) is 6.47. The maximum Gasteiger partial charge on any atom is 0.237 e. The van der Waals surface area contributed by atoms with Crippen LogP contribution in [-0.4, -0.2) is 43.2 Å². The van der Waals surface area contributed by atoms with Gasteiger partial charge in [-0.2, -0.15) is 0 Å². The number of amides is 1. The molecule has 2 aliphatic heterocycles. The van der Waals surface area contributed by atoms with E-state index in [1.165, 1.54) is 0 Å². The summed E-state index contributed by atoms with van der Waals surface area (Å²) < 4.78 is 0. The lowest BCUT2D eigenvalue weighted by Crippen LogP contribution is -2.56. The van der Waals surface area contributed by atoms with Crippen molar-refractivity contribution in [2.75, 3.05) is 26.7 Å². The van der Waals surface area contributed by atoms with Crippen LogP contribution in [0.1, 0.15) is 40.5 Å². The summed E-state index contributed by atoms with van der Waals surface area (Å²) in [6.45, 7) is 10.5. The van der Waals surface area contributed by atoms with Crippen LogP contribution in [0.5, 0.6) is 0 Å². The molecule has 2 N–H and O–H groups in total. The summed E-state index contributed by atoms with van der Waals surface area (Å²) in [6.07, 6.45) is 2.05. The first kappa shape index (κ1) is 15.4. The van der Waals surface area contributed by atoms with E-state index in [2.05, 4.69) is 10.6 Å². The van der Waals surface area contributed by atoms with Crippen LogP contribution in [0, 0.1) is 0 Å². The molecule has 0 bridgehead atoms. The van der Waals surface area contributed by atoms with Crippen molar-refractivity contribution in [3.8, 4) is 0 Å². The number of piperidine rings is 1. The van der Waals surface area contributed by atoms with Crippen LogP contribution in [0.3, 0.4) is 0 Å². The van der Waals surface area contributed by atoms with Crippen LogP contribution in [0.15, 0.2) is 0 Å². The van der Waals surface area contributed by atoms with Gasteiger partial charge >= 0.3 is 0 Å². The second-order valence-corrected chi connectivity index (χ2v) is 3.59. The largest absolute Gasteiger partial charge is 0.326 e. The Labute approximate surface area is 99.8 Å². The zero-order valence-corrected chi connectivity index (χ0v) is 11.4. The number of nitrogens with one attached hydrogen (secondary N) is 2. The van der Waals surface area contributed by atoms with Gasteiger partial charge in [-0.15, -0.1) is 0 Å². The third-order valence-corrected chi connectivity index (χ3v) is 3.02. The Morgan fingerprint density at radius 1 is 1.12 bits per heavy atom. The molecule has 0 atom stereocenters. The van der Waals surface area contributed by atoms with E-state index in [9.17, 15) is 4.79 Å². The summed E-state index contributed by atoms with van der Waals surface area (Å²) in [5, 5.41) is 6.60. The summed E-state index contributed by atoms with van der Waals surface area (Å²) in [4.78, 5) is 13.2. The van der Waals surface area contributed by atoms with Gasteiger partial charge in [-0.3, -0.25) is 10.1 Å². The molecule has 0 radical (unpaired) electrons. The zero-order valence-electron chi connectivity index (χ0n) is 11.4. The Kier molecular flexibility index (Phi) is 7.34. The molecule has 4 heteroatoms. The number of carbonyl (C=O) groups is 1. The van der Waals surface area contributed by atoms with Crippen LogP contribution in [0.4, 0.5) is 0 Å². The molecule has 0 aromatic carbocycles. The molecule has 0 unspecified atom stereocenters. The van der Waals surface area contributed by atoms with E-state index in [1.807, 2.05) is 39.6 Å². The van der Waals surface area contributed by atoms with E-state index in [0.29, 0.717) is 6.54 Å². The lowest BCUT2D eigenvalue weighted by molar-refractivity contribution is -0.129. The Bertz CT molecular complexity index is 200. The molecule has 4 nitrogen and oxygen atoms in total. The van der Waals surface area contributed by atoms with Gasteiger partial charge in [0.25, 0.3) is 0 Å². The van der Waals surface area contributed by atoms with E-state index in [0.717, 1.165) is 25.9 Å². The van der Waals surface area contributed by atoms with Gasteiger partial charge < -0.3 is 10.2 Å². The van der Waals surface area contributed by atoms with Gasteiger partial charge in [0.05, 0.1) is 12.2 Å². The fraction of sp³-hybridized carbons (Fsp3) is 0.917. The first-order chi connectivity index (χ1) is 7.75. The molecule has 1 amide bonds. The molecule has 1 spiro atoms. The Morgan fingerprint density at radius 3 is 2.00 bits per heavy atom. The Balaban J connectivity index is 0.000000509. The van der Waals surface area contributed by atoms with Crippen LogP contribution < -0.4 is 10.6 Å². The molecule has 2 rings (SSSR count). The minimum Gasteiger partial charge on any atom is -0.326 e. The number of carbonyl (C=O) groups excluding carboxylic acids is 1. The molecule has 0 aromatic heterocycles. The molecule has 2 fully saturated rings. The van der Waals surface area contributed by atoms with Crippen LogP contribution in [0.25, 0.3) is 0 Å². The zero-order chi connectivity index (χ0) is 12.6. The van der Waals surface area contributed by atoms with Crippen molar-refractivity contribution in [2.24, 2.45) is 0 Å². The summed E-state index contributed by atoms with van der Waals surface area (Å²) in [7, 11) is 1.90. The third-order valence-electron chi connectivity index (χ3n) is 3.02. The monoisotopic (exact) mass is 229 g/mol. The molecule has 16 heavy (non-hydrogen) atoms. The maximum atomic E-state index is 11.3. The van der Waals surface area contributed by atoms with Gasteiger partial charge in [0.2, 0.25) is 5.91 Å². The molecule has 2 aliphatic rings. The quantitative estimate of drug-likeness (QED) is 0.655. The van der Waals surface area contributed by atoms with E-state index in [1.54, 1.807) is 0 Å². The molecule has 0 saturated carbocycles. The SMILES string of the molecule is CC.CC.CN1C(=O)CNC12CCNCC2. The molecule has 0 aromatic rings. The van der Waals surface area contributed by atoms with Gasteiger partial charge in [-0.05, 0) is 25.9 Å². The fourth-order valence-electron chi connectivity index (χ4n) is 2.07. The number of likely N-dealkylation sites (N-methyl/N-ethyl adjacent to an activating group) is 1. The lowest BCUT2D eigenvalue weighted by atomic mass is 9.98. The number of hydrogen-bond donors (Lipinski definition) is 2. The van der Waals surface area contributed by atoms with Gasteiger partial charge in [0.1, 0.15) is 0 Å². The van der Waals surface area contributed by atoms with Gasteiger partial charge in [-0.25, -0.2) is 0 Å². The van der Waals surface area contributed by atoms with Crippen molar-refractivity contribution in [3.05, 3.63) is 0 Å². The summed E-state index contributed by atoms with van der Waals surface area (Å²) in [5.74, 6) is 0.219. The Hall–Kier alpha value is -0.610. The number of nitrogens with zero attached hydrogens (tertiary/aromatic N) is 1. The third kappa shape index (κ3) is 3.19. The van der Waals surface area contributed by atoms with Gasteiger partial charge in [-0.1, -0.05) is 27.7 Å². The van der Waals surface area contributed by atoms with Crippen LogP contribution >= 0.6 is 0 Å². The molecule has 2 saturated heterocycles. The van der Waals surface area contributed by atoms with Crippen LogP contribution in [0.2, 0.25) is 0 Å². The van der Waals surface area contributed by atoms with Crippen molar-refractivity contribution >= 4 is 5.91 Å². The molecular formula is C12H27N3O. The molecule has 2 heterocycles. The van der Waals surface area contributed by atoms with Crippen LogP contribution in [-0.2, 0) is 4.79 Å². The topological polar surface area (TPSA) is 44.4 Å². The van der Waals surface area contributed by atoms with E-state index >= 15 is 0 Å². The highest BCUT2D eigenvalue weighted by molar-refractivity contribution is 5.81. The second kappa shape index (κ2) is 7.63. The normalized spacial score (nSPS) is 22.1. The average molecular weight is 229 g/mol. The van der Waals surface area contributed by atoms with Crippen molar-refractivity contribution in [1.82, 2.24) is 15.5 Å². The van der Waals surface area contributed by atoms with Gasteiger partial charge in [0.15, 0.2) is 0 Å². The van der Waals surface area contributed by atoms with E-state index in [4.69, 9.17) is 0 Å². The minimum atomic E-state index is -0.0255. The maximum absolute atomic E-state index is 11.3. The summed E-state index contributed by atoms with van der Waals surface area (Å²) >= 11 is 0.